The molecule has 1 N–H and O–H groups in total. The summed E-state index contributed by atoms with van der Waals surface area (Å²) in [6.45, 7) is 3.15. The summed E-state index contributed by atoms with van der Waals surface area (Å²) >= 11 is 0. The van der Waals surface area contributed by atoms with Crippen molar-refractivity contribution in [2.24, 2.45) is 0 Å². The average molecular weight is 299 g/mol. The average Bonchev–Trinajstić information content (AvgIpc) is 2.50. The van der Waals surface area contributed by atoms with Gasteiger partial charge in [-0.15, -0.1) is 0 Å². The van der Waals surface area contributed by atoms with Gasteiger partial charge in [0.25, 0.3) is 0 Å². The first-order chi connectivity index (χ1) is 10.7. The standard InChI is InChI=1S/C15H17N5O2/c1-10-7-13(18-12-8-20(9-12)15(21)22-2)19-14(17-10)11-3-5-16-6-4-11/h3-7,12H,8-9H2,1-2H3,(H,17,18,19). The fourth-order valence-corrected chi connectivity index (χ4v) is 2.33. The lowest BCUT2D eigenvalue weighted by molar-refractivity contribution is 0.0929. The second-order valence-corrected chi connectivity index (χ2v) is 5.17. The molecule has 0 radical (unpaired) electrons. The van der Waals surface area contributed by atoms with Gasteiger partial charge in [-0.3, -0.25) is 4.98 Å². The topological polar surface area (TPSA) is 80.2 Å². The zero-order valence-corrected chi connectivity index (χ0v) is 12.5. The van der Waals surface area contributed by atoms with Gasteiger partial charge >= 0.3 is 6.09 Å². The molecule has 1 aliphatic heterocycles. The van der Waals surface area contributed by atoms with Crippen LogP contribution in [0.1, 0.15) is 5.69 Å². The summed E-state index contributed by atoms with van der Waals surface area (Å²) in [4.78, 5) is 25.9. The van der Waals surface area contributed by atoms with Crippen molar-refractivity contribution in [1.29, 1.82) is 0 Å². The molecular weight excluding hydrogens is 282 g/mol. The monoisotopic (exact) mass is 299 g/mol. The van der Waals surface area contributed by atoms with Crippen LogP contribution >= 0.6 is 0 Å². The van der Waals surface area contributed by atoms with Gasteiger partial charge in [0, 0.05) is 42.8 Å². The number of anilines is 1. The second-order valence-electron chi connectivity index (χ2n) is 5.17. The molecule has 1 saturated heterocycles. The first-order valence-corrected chi connectivity index (χ1v) is 7.01. The van der Waals surface area contributed by atoms with Crippen molar-refractivity contribution in [3.8, 4) is 11.4 Å². The molecule has 0 spiro atoms. The van der Waals surface area contributed by atoms with Gasteiger partial charge in [-0.2, -0.15) is 0 Å². The third kappa shape index (κ3) is 2.98. The van der Waals surface area contributed by atoms with Gasteiger partial charge in [-0.05, 0) is 19.1 Å². The SMILES string of the molecule is COC(=O)N1CC(Nc2cc(C)nc(-c3ccncc3)n2)C1. The lowest BCUT2D eigenvalue weighted by Crippen LogP contribution is -2.57. The smallest absolute Gasteiger partial charge is 0.409 e. The van der Waals surface area contributed by atoms with Crippen LogP contribution in [-0.2, 0) is 4.74 Å². The van der Waals surface area contributed by atoms with Crippen LogP contribution in [0.5, 0.6) is 0 Å². The maximum atomic E-state index is 11.3. The molecule has 22 heavy (non-hydrogen) atoms. The van der Waals surface area contributed by atoms with Gasteiger partial charge < -0.3 is 15.0 Å². The van der Waals surface area contributed by atoms with Crippen molar-refractivity contribution in [2.45, 2.75) is 13.0 Å². The Balaban J connectivity index is 1.71. The van der Waals surface area contributed by atoms with Crippen molar-refractivity contribution in [3.63, 3.8) is 0 Å². The lowest BCUT2D eigenvalue weighted by Gasteiger charge is -2.38. The Morgan fingerprint density at radius 2 is 2.05 bits per heavy atom. The van der Waals surface area contributed by atoms with Crippen LogP contribution in [0.2, 0.25) is 0 Å². The third-order valence-corrected chi connectivity index (χ3v) is 3.46. The molecule has 2 aromatic heterocycles. The number of hydrogen-bond donors (Lipinski definition) is 1. The summed E-state index contributed by atoms with van der Waals surface area (Å²) in [6, 6.07) is 5.83. The van der Waals surface area contributed by atoms with E-state index in [4.69, 9.17) is 0 Å². The Hall–Kier alpha value is -2.70. The molecule has 0 saturated carbocycles. The summed E-state index contributed by atoms with van der Waals surface area (Å²) in [5.41, 5.74) is 1.81. The molecule has 0 unspecified atom stereocenters. The van der Waals surface area contributed by atoms with Crippen LogP contribution in [0.25, 0.3) is 11.4 Å². The number of hydrogen-bond acceptors (Lipinski definition) is 6. The highest BCUT2D eigenvalue weighted by atomic mass is 16.5. The first-order valence-electron chi connectivity index (χ1n) is 7.01. The van der Waals surface area contributed by atoms with E-state index in [1.807, 2.05) is 25.1 Å². The molecule has 1 fully saturated rings. The van der Waals surface area contributed by atoms with E-state index < -0.39 is 0 Å². The van der Waals surface area contributed by atoms with Crippen molar-refractivity contribution in [1.82, 2.24) is 19.9 Å². The molecular formula is C15H17N5O2. The highest BCUT2D eigenvalue weighted by Crippen LogP contribution is 2.19. The molecule has 0 aliphatic carbocycles. The maximum Gasteiger partial charge on any atom is 0.409 e. The molecule has 7 nitrogen and oxygen atoms in total. The number of amides is 1. The molecule has 7 heteroatoms. The molecule has 0 aromatic carbocycles. The van der Waals surface area contributed by atoms with Crippen molar-refractivity contribution in [2.75, 3.05) is 25.5 Å². The Morgan fingerprint density at radius 1 is 1.32 bits per heavy atom. The van der Waals surface area contributed by atoms with E-state index in [9.17, 15) is 4.79 Å². The number of rotatable bonds is 3. The number of nitrogens with one attached hydrogen (secondary N) is 1. The second kappa shape index (κ2) is 5.97. The van der Waals surface area contributed by atoms with Crippen molar-refractivity contribution >= 4 is 11.9 Å². The van der Waals surface area contributed by atoms with Crippen molar-refractivity contribution < 1.29 is 9.53 Å². The number of carbonyl (C=O) groups is 1. The van der Waals surface area contributed by atoms with Gasteiger partial charge in [0.05, 0.1) is 13.2 Å². The van der Waals surface area contributed by atoms with E-state index in [2.05, 4.69) is 25.0 Å². The minimum Gasteiger partial charge on any atom is -0.453 e. The van der Waals surface area contributed by atoms with Crippen LogP contribution in [0.4, 0.5) is 10.6 Å². The van der Waals surface area contributed by atoms with Crippen LogP contribution < -0.4 is 5.32 Å². The number of carbonyl (C=O) groups excluding carboxylic acids is 1. The molecule has 3 heterocycles. The highest BCUT2D eigenvalue weighted by Gasteiger charge is 2.31. The summed E-state index contributed by atoms with van der Waals surface area (Å²) in [5, 5.41) is 3.32. The molecule has 114 valence electrons. The quantitative estimate of drug-likeness (QED) is 0.929. The van der Waals surface area contributed by atoms with E-state index >= 15 is 0 Å². The van der Waals surface area contributed by atoms with Gasteiger partial charge in [0.15, 0.2) is 5.82 Å². The van der Waals surface area contributed by atoms with Crippen LogP contribution in [0, 0.1) is 6.92 Å². The predicted molar refractivity (Wildman–Crippen MR) is 81.4 cm³/mol. The molecule has 3 rings (SSSR count). The van der Waals surface area contributed by atoms with E-state index in [0.29, 0.717) is 18.9 Å². The maximum absolute atomic E-state index is 11.3. The summed E-state index contributed by atoms with van der Waals surface area (Å²) in [5.74, 6) is 1.42. The summed E-state index contributed by atoms with van der Waals surface area (Å²) in [7, 11) is 1.39. The minimum atomic E-state index is -0.297. The molecule has 1 amide bonds. The Labute approximate surface area is 128 Å². The fraction of sp³-hybridized carbons (Fsp3) is 0.333. The number of ether oxygens (including phenoxy) is 1. The Kier molecular flexibility index (Phi) is 3.86. The largest absolute Gasteiger partial charge is 0.453 e. The van der Waals surface area contributed by atoms with E-state index in [1.54, 1.807) is 17.3 Å². The minimum absolute atomic E-state index is 0.179. The van der Waals surface area contributed by atoms with Gasteiger partial charge in [-0.25, -0.2) is 14.8 Å². The molecule has 2 aromatic rings. The van der Waals surface area contributed by atoms with E-state index in [0.717, 1.165) is 17.1 Å². The molecule has 1 aliphatic rings. The number of likely N-dealkylation sites (tertiary alicyclic amines) is 1. The van der Waals surface area contributed by atoms with Crippen molar-refractivity contribution in [3.05, 3.63) is 36.3 Å². The summed E-state index contributed by atoms with van der Waals surface area (Å²) in [6.07, 6.45) is 3.14. The number of pyridine rings is 1. The number of aromatic nitrogens is 3. The fourth-order valence-electron chi connectivity index (χ4n) is 2.33. The van der Waals surface area contributed by atoms with Crippen LogP contribution in [0.15, 0.2) is 30.6 Å². The highest BCUT2D eigenvalue weighted by molar-refractivity contribution is 5.69. The number of methoxy groups -OCH3 is 1. The molecule has 0 bridgehead atoms. The lowest BCUT2D eigenvalue weighted by atomic mass is 10.1. The van der Waals surface area contributed by atoms with E-state index in [-0.39, 0.29) is 12.1 Å². The zero-order valence-electron chi connectivity index (χ0n) is 12.5. The van der Waals surface area contributed by atoms with E-state index in [1.165, 1.54) is 7.11 Å². The Bertz CT molecular complexity index is 671. The van der Waals surface area contributed by atoms with Gasteiger partial charge in [-0.1, -0.05) is 0 Å². The normalized spacial score (nSPS) is 14.4. The summed E-state index contributed by atoms with van der Waals surface area (Å²) < 4.78 is 4.68. The zero-order chi connectivity index (χ0) is 15.5. The first kappa shape index (κ1) is 14.2. The van der Waals surface area contributed by atoms with Gasteiger partial charge in [0.2, 0.25) is 0 Å². The number of aryl methyl sites for hydroxylation is 1. The molecule has 0 atom stereocenters. The van der Waals surface area contributed by atoms with Gasteiger partial charge in [0.1, 0.15) is 5.82 Å². The number of nitrogens with zero attached hydrogens (tertiary/aromatic N) is 4. The van der Waals surface area contributed by atoms with Crippen LogP contribution in [0.3, 0.4) is 0 Å². The predicted octanol–water partition coefficient (Wildman–Crippen LogP) is 1.71. The third-order valence-electron chi connectivity index (χ3n) is 3.46. The van der Waals surface area contributed by atoms with Crippen LogP contribution in [-0.4, -0.2) is 52.2 Å². The Morgan fingerprint density at radius 3 is 2.73 bits per heavy atom.